The molecule has 0 aromatic heterocycles. The van der Waals surface area contributed by atoms with Crippen LogP contribution in [0.5, 0.6) is 5.75 Å². The number of hydrogen-bond donors (Lipinski definition) is 1. The maximum Gasteiger partial charge on any atom is 0.312 e. The number of rotatable bonds is 6. The number of para-hydroxylation sites is 2. The van der Waals surface area contributed by atoms with Gasteiger partial charge in [-0.25, -0.2) is 0 Å². The molecular formula is C22H24N2O5. The maximum atomic E-state index is 12.5. The zero-order valence-electron chi connectivity index (χ0n) is 16.7. The average molecular weight is 396 g/mol. The first-order chi connectivity index (χ1) is 13.9. The van der Waals surface area contributed by atoms with Gasteiger partial charge in [-0.1, -0.05) is 29.8 Å². The van der Waals surface area contributed by atoms with Gasteiger partial charge in [-0.05, 0) is 38.1 Å². The van der Waals surface area contributed by atoms with Crippen molar-refractivity contribution < 1.29 is 23.9 Å². The molecule has 1 aliphatic heterocycles. The molecule has 1 heterocycles. The molecule has 7 nitrogen and oxygen atoms in total. The van der Waals surface area contributed by atoms with Crippen LogP contribution in [0.3, 0.4) is 0 Å². The second-order valence-electron chi connectivity index (χ2n) is 7.01. The molecule has 29 heavy (non-hydrogen) atoms. The number of nitrogens with one attached hydrogen (secondary N) is 1. The summed E-state index contributed by atoms with van der Waals surface area (Å²) in [6, 6.07) is 14.5. The van der Waals surface area contributed by atoms with Gasteiger partial charge in [-0.15, -0.1) is 0 Å². The largest absolute Gasteiger partial charge is 0.495 e. The lowest BCUT2D eigenvalue weighted by atomic mass is 10.1. The molecule has 0 saturated carbocycles. The van der Waals surface area contributed by atoms with Crippen LogP contribution >= 0.6 is 0 Å². The van der Waals surface area contributed by atoms with Gasteiger partial charge in [0.25, 0.3) is 5.91 Å². The number of nitrogens with zero attached hydrogens (tertiary/aromatic N) is 1. The first-order valence-electron chi connectivity index (χ1n) is 9.40. The molecular weight excluding hydrogens is 372 g/mol. The highest BCUT2D eigenvalue weighted by molar-refractivity contribution is 6.00. The Bertz CT molecular complexity index is 910. The highest BCUT2D eigenvalue weighted by Gasteiger charge is 2.37. The van der Waals surface area contributed by atoms with Gasteiger partial charge in [-0.3, -0.25) is 14.4 Å². The van der Waals surface area contributed by atoms with Crippen molar-refractivity contribution in [1.29, 1.82) is 0 Å². The second-order valence-corrected chi connectivity index (χ2v) is 7.01. The maximum absolute atomic E-state index is 12.5. The van der Waals surface area contributed by atoms with E-state index in [9.17, 15) is 14.4 Å². The Morgan fingerprint density at radius 2 is 1.83 bits per heavy atom. The molecule has 152 valence electrons. The SMILES string of the molecule is COc1ccccc1NC(=O)[C@H](C)OC(=O)[C@H]1CC(=O)N(c2ccc(C)cc2)C1. The molecule has 1 N–H and O–H groups in total. The minimum Gasteiger partial charge on any atom is -0.495 e. The third kappa shape index (κ3) is 4.74. The number of benzene rings is 2. The van der Waals surface area contributed by atoms with Crippen LogP contribution in [0.4, 0.5) is 11.4 Å². The fourth-order valence-corrected chi connectivity index (χ4v) is 3.15. The van der Waals surface area contributed by atoms with E-state index in [1.807, 2.05) is 31.2 Å². The van der Waals surface area contributed by atoms with Crippen molar-refractivity contribution in [3.63, 3.8) is 0 Å². The monoisotopic (exact) mass is 396 g/mol. The number of carbonyl (C=O) groups is 3. The van der Waals surface area contributed by atoms with Crippen LogP contribution in [-0.2, 0) is 19.1 Å². The third-order valence-corrected chi connectivity index (χ3v) is 4.83. The molecule has 0 bridgehead atoms. The summed E-state index contributed by atoms with van der Waals surface area (Å²) < 4.78 is 10.5. The van der Waals surface area contributed by atoms with Gasteiger partial charge in [-0.2, -0.15) is 0 Å². The lowest BCUT2D eigenvalue weighted by Crippen LogP contribution is -2.33. The Morgan fingerprint density at radius 3 is 2.52 bits per heavy atom. The van der Waals surface area contributed by atoms with Crippen LogP contribution in [0.2, 0.25) is 0 Å². The fraction of sp³-hybridized carbons (Fsp3) is 0.318. The number of aryl methyl sites for hydroxylation is 1. The highest BCUT2D eigenvalue weighted by atomic mass is 16.5. The summed E-state index contributed by atoms with van der Waals surface area (Å²) in [6.45, 7) is 3.70. The number of methoxy groups -OCH3 is 1. The van der Waals surface area contributed by atoms with Crippen molar-refractivity contribution in [2.45, 2.75) is 26.4 Å². The molecule has 3 rings (SSSR count). The zero-order valence-corrected chi connectivity index (χ0v) is 16.7. The fourth-order valence-electron chi connectivity index (χ4n) is 3.15. The first kappa shape index (κ1) is 20.4. The van der Waals surface area contributed by atoms with Gasteiger partial charge in [0.2, 0.25) is 5.91 Å². The van der Waals surface area contributed by atoms with Crippen molar-refractivity contribution >= 4 is 29.2 Å². The van der Waals surface area contributed by atoms with Gasteiger partial charge < -0.3 is 19.7 Å². The van der Waals surface area contributed by atoms with Gasteiger partial charge in [0, 0.05) is 18.7 Å². The van der Waals surface area contributed by atoms with Crippen LogP contribution in [0.15, 0.2) is 48.5 Å². The van der Waals surface area contributed by atoms with E-state index in [0.717, 1.165) is 11.3 Å². The number of esters is 1. The molecule has 0 aliphatic carbocycles. The van der Waals surface area contributed by atoms with E-state index in [4.69, 9.17) is 9.47 Å². The summed E-state index contributed by atoms with van der Waals surface area (Å²) in [6.07, 6.45) is -0.941. The Balaban J connectivity index is 1.59. The lowest BCUT2D eigenvalue weighted by Gasteiger charge is -2.18. The van der Waals surface area contributed by atoms with Crippen molar-refractivity contribution in [3.05, 3.63) is 54.1 Å². The molecule has 2 aromatic rings. The van der Waals surface area contributed by atoms with Crippen molar-refractivity contribution in [3.8, 4) is 5.75 Å². The van der Waals surface area contributed by atoms with E-state index in [-0.39, 0.29) is 18.9 Å². The molecule has 0 radical (unpaired) electrons. The minimum atomic E-state index is -1.00. The number of amides is 2. The zero-order chi connectivity index (χ0) is 21.0. The number of anilines is 2. The van der Waals surface area contributed by atoms with E-state index < -0.39 is 23.9 Å². The summed E-state index contributed by atoms with van der Waals surface area (Å²) in [7, 11) is 1.51. The van der Waals surface area contributed by atoms with Crippen molar-refractivity contribution in [2.24, 2.45) is 5.92 Å². The van der Waals surface area contributed by atoms with Crippen LogP contribution in [0, 0.1) is 12.8 Å². The van der Waals surface area contributed by atoms with Crippen LogP contribution < -0.4 is 15.0 Å². The summed E-state index contributed by atoms with van der Waals surface area (Å²) >= 11 is 0. The lowest BCUT2D eigenvalue weighted by molar-refractivity contribution is -0.157. The standard InChI is InChI=1S/C22H24N2O5/c1-14-8-10-17(11-9-14)24-13-16(12-20(24)25)22(27)29-15(2)21(26)23-18-6-4-5-7-19(18)28-3/h4-11,15-16H,12-13H2,1-3H3,(H,23,26)/t15-,16-/m0/s1. The van der Waals surface area contributed by atoms with Gasteiger partial charge in [0.05, 0.1) is 18.7 Å². The summed E-state index contributed by atoms with van der Waals surface area (Å²) in [5.41, 5.74) is 2.33. The Hall–Kier alpha value is -3.35. The van der Waals surface area contributed by atoms with Crippen LogP contribution in [0.25, 0.3) is 0 Å². The number of ether oxygens (including phenoxy) is 2. The predicted molar refractivity (Wildman–Crippen MR) is 109 cm³/mol. The second kappa shape index (κ2) is 8.77. The van der Waals surface area contributed by atoms with Crippen LogP contribution in [0.1, 0.15) is 18.9 Å². The third-order valence-electron chi connectivity index (χ3n) is 4.83. The molecule has 2 amide bonds. The van der Waals surface area contributed by atoms with Gasteiger partial charge in [0.15, 0.2) is 6.10 Å². The normalized spacial score (nSPS) is 17.0. The molecule has 0 unspecified atom stereocenters. The van der Waals surface area contributed by atoms with E-state index in [1.165, 1.54) is 14.0 Å². The first-order valence-corrected chi connectivity index (χ1v) is 9.40. The summed E-state index contributed by atoms with van der Waals surface area (Å²) in [4.78, 5) is 38.8. The van der Waals surface area contributed by atoms with Crippen molar-refractivity contribution in [1.82, 2.24) is 0 Å². The van der Waals surface area contributed by atoms with Gasteiger partial charge in [0.1, 0.15) is 5.75 Å². The number of carbonyl (C=O) groups excluding carboxylic acids is 3. The summed E-state index contributed by atoms with van der Waals surface area (Å²) in [5.74, 6) is -1.26. The topological polar surface area (TPSA) is 84.9 Å². The van der Waals surface area contributed by atoms with Gasteiger partial charge >= 0.3 is 5.97 Å². The van der Waals surface area contributed by atoms with E-state index in [0.29, 0.717) is 11.4 Å². The molecule has 2 atom stereocenters. The number of hydrogen-bond acceptors (Lipinski definition) is 5. The molecule has 2 aromatic carbocycles. The van der Waals surface area contributed by atoms with Crippen LogP contribution in [-0.4, -0.2) is 37.5 Å². The van der Waals surface area contributed by atoms with Crippen molar-refractivity contribution in [2.75, 3.05) is 23.9 Å². The van der Waals surface area contributed by atoms with E-state index in [2.05, 4.69) is 5.32 Å². The van der Waals surface area contributed by atoms with E-state index in [1.54, 1.807) is 29.2 Å². The molecule has 0 spiro atoms. The average Bonchev–Trinajstić information content (AvgIpc) is 3.10. The van der Waals surface area contributed by atoms with E-state index >= 15 is 0 Å². The molecule has 7 heteroatoms. The summed E-state index contributed by atoms with van der Waals surface area (Å²) in [5, 5.41) is 2.69. The Kier molecular flexibility index (Phi) is 6.16. The minimum absolute atomic E-state index is 0.0631. The molecule has 1 fully saturated rings. The predicted octanol–water partition coefficient (Wildman–Crippen LogP) is 2.93. The highest BCUT2D eigenvalue weighted by Crippen LogP contribution is 2.27. The molecule has 1 saturated heterocycles. The quantitative estimate of drug-likeness (QED) is 0.759. The Labute approximate surface area is 169 Å². The molecule has 1 aliphatic rings. The Morgan fingerprint density at radius 1 is 1.14 bits per heavy atom. The smallest absolute Gasteiger partial charge is 0.312 e.